The van der Waals surface area contributed by atoms with Crippen molar-refractivity contribution in [2.75, 3.05) is 43.7 Å². The second kappa shape index (κ2) is 9.14. The molecule has 1 N–H and O–H groups in total. The molecule has 4 rings (SSSR count). The zero-order chi connectivity index (χ0) is 20.9. The minimum absolute atomic E-state index is 0.341. The second-order valence-corrected chi connectivity index (χ2v) is 7.36. The number of rotatable bonds is 9. The number of aromatic nitrogens is 3. The molecule has 2 aromatic heterocycles. The molecule has 0 saturated carbocycles. The number of cyclic esters (lactones) is 1. The van der Waals surface area contributed by atoms with E-state index in [1.807, 2.05) is 41.4 Å². The minimum atomic E-state index is -0.341. The highest BCUT2D eigenvalue weighted by molar-refractivity contribution is 7.14. The van der Waals surface area contributed by atoms with Gasteiger partial charge in [-0.2, -0.15) is 5.10 Å². The van der Waals surface area contributed by atoms with E-state index in [1.54, 1.807) is 18.2 Å². The van der Waals surface area contributed by atoms with Crippen LogP contribution in [0.1, 0.15) is 6.92 Å². The lowest BCUT2D eigenvalue weighted by Gasteiger charge is -2.15. The summed E-state index contributed by atoms with van der Waals surface area (Å²) in [4.78, 5) is 18.1. The van der Waals surface area contributed by atoms with Crippen molar-refractivity contribution >= 4 is 33.9 Å². The number of ether oxygens (including phenoxy) is 3. The Bertz CT molecular complexity index is 1020. The summed E-state index contributed by atoms with van der Waals surface area (Å²) < 4.78 is 17.7. The average molecular weight is 430 g/mol. The molecule has 1 aliphatic heterocycles. The van der Waals surface area contributed by atoms with Crippen LogP contribution in [0.2, 0.25) is 0 Å². The Hall–Kier alpha value is -3.11. The third-order valence-corrected chi connectivity index (χ3v) is 5.35. The van der Waals surface area contributed by atoms with Crippen LogP contribution >= 0.6 is 11.3 Å². The fourth-order valence-corrected chi connectivity index (χ4v) is 3.85. The van der Waals surface area contributed by atoms with Crippen LogP contribution in [0.5, 0.6) is 5.75 Å². The van der Waals surface area contributed by atoms with Crippen molar-refractivity contribution in [2.45, 2.75) is 13.5 Å². The fourth-order valence-electron chi connectivity index (χ4n) is 3.12. The SMILES string of the molecule is CCOCCn1cc(Nc2nc(-c3ccc(N4CCOC4=O)cc3OC)cs2)cn1. The van der Waals surface area contributed by atoms with Crippen molar-refractivity contribution in [2.24, 2.45) is 0 Å². The van der Waals surface area contributed by atoms with E-state index >= 15 is 0 Å². The lowest BCUT2D eigenvalue weighted by atomic mass is 10.1. The maximum Gasteiger partial charge on any atom is 0.414 e. The first-order valence-electron chi connectivity index (χ1n) is 9.63. The number of nitrogens with zero attached hydrogens (tertiary/aromatic N) is 4. The van der Waals surface area contributed by atoms with Gasteiger partial charge < -0.3 is 19.5 Å². The van der Waals surface area contributed by atoms with Crippen LogP contribution in [-0.4, -0.2) is 54.3 Å². The Balaban J connectivity index is 1.47. The molecule has 1 aromatic carbocycles. The van der Waals surface area contributed by atoms with Crippen LogP contribution < -0.4 is 15.0 Å². The maximum absolute atomic E-state index is 11.8. The molecule has 1 fully saturated rings. The molecule has 0 unspecified atom stereocenters. The van der Waals surface area contributed by atoms with Gasteiger partial charge in [0, 0.05) is 29.8 Å². The third kappa shape index (κ3) is 4.39. The number of amides is 1. The summed E-state index contributed by atoms with van der Waals surface area (Å²) in [7, 11) is 1.60. The second-order valence-electron chi connectivity index (χ2n) is 6.50. The van der Waals surface area contributed by atoms with Gasteiger partial charge in [-0.25, -0.2) is 9.78 Å². The number of anilines is 3. The van der Waals surface area contributed by atoms with E-state index in [2.05, 4.69) is 15.4 Å². The van der Waals surface area contributed by atoms with Gasteiger partial charge in [0.1, 0.15) is 12.4 Å². The van der Waals surface area contributed by atoms with Crippen molar-refractivity contribution in [1.82, 2.24) is 14.8 Å². The molecule has 9 nitrogen and oxygen atoms in total. The number of carbonyl (C=O) groups excluding carboxylic acids is 1. The molecule has 0 spiro atoms. The van der Waals surface area contributed by atoms with Crippen molar-refractivity contribution in [3.63, 3.8) is 0 Å². The summed E-state index contributed by atoms with van der Waals surface area (Å²) >= 11 is 1.50. The molecular weight excluding hydrogens is 406 g/mol. The standard InChI is InChI=1S/C20H23N5O4S/c1-3-28-8-6-24-12-14(11-21-24)22-19-23-17(13-30-19)16-5-4-15(10-18(16)27-2)25-7-9-29-20(25)26/h4-5,10-13H,3,6-9H2,1-2H3,(H,22,23). The molecule has 1 saturated heterocycles. The van der Waals surface area contributed by atoms with E-state index in [1.165, 1.54) is 11.3 Å². The summed E-state index contributed by atoms with van der Waals surface area (Å²) in [6, 6.07) is 5.61. The average Bonchev–Trinajstić information content (AvgIpc) is 3.50. The molecule has 1 aliphatic rings. The van der Waals surface area contributed by atoms with Gasteiger partial charge in [-0.1, -0.05) is 0 Å². The van der Waals surface area contributed by atoms with Crippen molar-refractivity contribution in [3.8, 4) is 17.0 Å². The lowest BCUT2D eigenvalue weighted by molar-refractivity contribution is 0.136. The van der Waals surface area contributed by atoms with Gasteiger partial charge in [0.15, 0.2) is 5.13 Å². The molecule has 0 bridgehead atoms. The van der Waals surface area contributed by atoms with Crippen LogP contribution in [0.25, 0.3) is 11.3 Å². The molecule has 0 atom stereocenters. The summed E-state index contributed by atoms with van der Waals surface area (Å²) in [5.41, 5.74) is 3.25. The smallest absolute Gasteiger partial charge is 0.414 e. The van der Waals surface area contributed by atoms with Crippen LogP contribution in [0.15, 0.2) is 36.0 Å². The van der Waals surface area contributed by atoms with E-state index in [0.29, 0.717) is 38.7 Å². The van der Waals surface area contributed by atoms with Gasteiger partial charge in [0.25, 0.3) is 0 Å². The van der Waals surface area contributed by atoms with Crippen LogP contribution in [0.4, 0.5) is 21.3 Å². The summed E-state index contributed by atoms with van der Waals surface area (Å²) in [6.45, 7) is 4.92. The zero-order valence-electron chi connectivity index (χ0n) is 16.8. The highest BCUT2D eigenvalue weighted by Crippen LogP contribution is 2.36. The summed E-state index contributed by atoms with van der Waals surface area (Å²) in [6.07, 6.45) is 3.34. The van der Waals surface area contributed by atoms with Gasteiger partial charge in [-0.05, 0) is 19.1 Å². The predicted octanol–water partition coefficient (Wildman–Crippen LogP) is 3.75. The Morgan fingerprint density at radius 1 is 1.37 bits per heavy atom. The number of methoxy groups -OCH3 is 1. The number of benzene rings is 1. The van der Waals surface area contributed by atoms with Gasteiger partial charge in [-0.15, -0.1) is 11.3 Å². The summed E-state index contributed by atoms with van der Waals surface area (Å²) in [5, 5.41) is 10.3. The van der Waals surface area contributed by atoms with Gasteiger partial charge in [-0.3, -0.25) is 9.58 Å². The van der Waals surface area contributed by atoms with E-state index in [4.69, 9.17) is 14.2 Å². The number of nitrogens with one attached hydrogen (secondary N) is 1. The lowest BCUT2D eigenvalue weighted by Crippen LogP contribution is -2.23. The molecule has 3 aromatic rings. The van der Waals surface area contributed by atoms with Crippen molar-refractivity contribution < 1.29 is 19.0 Å². The normalized spacial score (nSPS) is 13.5. The molecule has 158 valence electrons. The predicted molar refractivity (Wildman–Crippen MR) is 115 cm³/mol. The van der Waals surface area contributed by atoms with Gasteiger partial charge >= 0.3 is 6.09 Å². The number of hydrogen-bond donors (Lipinski definition) is 1. The minimum Gasteiger partial charge on any atom is -0.496 e. The third-order valence-electron chi connectivity index (χ3n) is 4.59. The number of thiazole rings is 1. The number of hydrogen-bond acceptors (Lipinski definition) is 8. The van der Waals surface area contributed by atoms with Crippen LogP contribution in [0.3, 0.4) is 0 Å². The van der Waals surface area contributed by atoms with E-state index in [-0.39, 0.29) is 6.09 Å². The first-order chi connectivity index (χ1) is 14.7. The van der Waals surface area contributed by atoms with Crippen molar-refractivity contribution in [3.05, 3.63) is 36.0 Å². The van der Waals surface area contributed by atoms with Crippen LogP contribution in [0, 0.1) is 0 Å². The largest absolute Gasteiger partial charge is 0.496 e. The molecule has 0 radical (unpaired) electrons. The quantitative estimate of drug-likeness (QED) is 0.518. The van der Waals surface area contributed by atoms with Gasteiger partial charge in [0.05, 0.1) is 50.1 Å². The Kier molecular flexibility index (Phi) is 6.15. The highest BCUT2D eigenvalue weighted by Gasteiger charge is 2.24. The Labute approximate surface area is 178 Å². The first kappa shape index (κ1) is 20.2. The Morgan fingerprint density at radius 2 is 2.27 bits per heavy atom. The van der Waals surface area contributed by atoms with Gasteiger partial charge in [0.2, 0.25) is 0 Å². The molecule has 1 amide bonds. The van der Waals surface area contributed by atoms with E-state index < -0.39 is 0 Å². The first-order valence-corrected chi connectivity index (χ1v) is 10.5. The number of carbonyl (C=O) groups is 1. The fraction of sp³-hybridized carbons (Fsp3) is 0.350. The Morgan fingerprint density at radius 3 is 3.03 bits per heavy atom. The summed E-state index contributed by atoms with van der Waals surface area (Å²) in [5.74, 6) is 0.646. The van der Waals surface area contributed by atoms with Crippen molar-refractivity contribution in [1.29, 1.82) is 0 Å². The monoisotopic (exact) mass is 429 g/mol. The maximum atomic E-state index is 11.8. The topological polar surface area (TPSA) is 90.7 Å². The molecule has 3 heterocycles. The van der Waals surface area contributed by atoms with Crippen LogP contribution in [-0.2, 0) is 16.0 Å². The molecule has 0 aliphatic carbocycles. The zero-order valence-corrected chi connectivity index (χ0v) is 17.6. The highest BCUT2D eigenvalue weighted by atomic mass is 32.1. The van der Waals surface area contributed by atoms with E-state index in [0.717, 1.165) is 27.8 Å². The molecule has 30 heavy (non-hydrogen) atoms. The van der Waals surface area contributed by atoms with E-state index in [9.17, 15) is 4.79 Å². The molecule has 10 heteroatoms. The molecular formula is C20H23N5O4S.